The molecule has 2 aliphatic heterocycles. The first-order valence-electron chi connectivity index (χ1n) is 11.5. The number of pyridine rings is 1. The Morgan fingerprint density at radius 1 is 1.09 bits per heavy atom. The van der Waals surface area contributed by atoms with E-state index in [0.717, 1.165) is 48.3 Å². The van der Waals surface area contributed by atoms with Crippen molar-refractivity contribution in [3.05, 3.63) is 52.8 Å². The zero-order chi connectivity index (χ0) is 23.1. The predicted molar refractivity (Wildman–Crippen MR) is 135 cm³/mol. The lowest BCUT2D eigenvalue weighted by Crippen LogP contribution is -2.49. The summed E-state index contributed by atoms with van der Waals surface area (Å²) in [6, 6.07) is 7.93. The minimum atomic E-state index is -0.657. The van der Waals surface area contributed by atoms with Crippen molar-refractivity contribution in [2.45, 2.75) is 70.6 Å². The van der Waals surface area contributed by atoms with Crippen LogP contribution in [0.5, 0.6) is 0 Å². The largest absolute Gasteiger partial charge is 0.416 e. The molecule has 7 heteroatoms. The fourth-order valence-corrected chi connectivity index (χ4v) is 5.91. The van der Waals surface area contributed by atoms with Gasteiger partial charge in [0.1, 0.15) is 0 Å². The van der Waals surface area contributed by atoms with E-state index in [1.807, 2.05) is 23.2 Å². The van der Waals surface area contributed by atoms with Crippen LogP contribution in [0, 0.1) is 0 Å². The molecule has 5 nitrogen and oxygen atoms in total. The number of hydrogen-bond acceptors (Lipinski definition) is 4. The Morgan fingerprint density at radius 2 is 1.84 bits per heavy atom. The highest BCUT2D eigenvalue weighted by molar-refractivity contribution is 6.32. The first kappa shape index (κ1) is 23.3. The number of hydrogen-bond donors (Lipinski definition) is 0. The van der Waals surface area contributed by atoms with Gasteiger partial charge in [-0.05, 0) is 68.0 Å². The molecule has 0 aliphatic carbocycles. The van der Waals surface area contributed by atoms with Gasteiger partial charge in [0.05, 0.1) is 35.4 Å². The van der Waals surface area contributed by atoms with Crippen molar-refractivity contribution in [2.75, 3.05) is 22.9 Å². The number of carbonyl (C=O) groups excluding carboxylic acids is 1. The summed E-state index contributed by atoms with van der Waals surface area (Å²) in [7, 11) is -0.657. The summed E-state index contributed by atoms with van der Waals surface area (Å²) in [5.74, 6) is 0.0136. The molecular weight excluding hydrogens is 438 g/mol. The molecule has 172 valence electrons. The third kappa shape index (κ3) is 4.87. The molecule has 0 unspecified atom stereocenters. The molecule has 1 saturated heterocycles. The molecule has 0 bridgehead atoms. The molecule has 1 fully saturated rings. The van der Waals surface area contributed by atoms with Gasteiger partial charge < -0.3 is 14.2 Å². The summed E-state index contributed by atoms with van der Waals surface area (Å²) in [6.45, 7) is 12.8. The van der Waals surface area contributed by atoms with Gasteiger partial charge >= 0.3 is 0 Å². The summed E-state index contributed by atoms with van der Waals surface area (Å²) in [4.78, 5) is 22.0. The highest BCUT2D eigenvalue weighted by Crippen LogP contribution is 2.36. The first-order valence-corrected chi connectivity index (χ1v) is 13.2. The van der Waals surface area contributed by atoms with Crippen molar-refractivity contribution in [2.24, 2.45) is 0 Å². The molecule has 3 heterocycles. The van der Waals surface area contributed by atoms with Crippen molar-refractivity contribution >= 4 is 38.6 Å². The van der Waals surface area contributed by atoms with E-state index in [1.54, 1.807) is 12.3 Å². The van der Waals surface area contributed by atoms with E-state index in [-0.39, 0.29) is 16.5 Å². The van der Waals surface area contributed by atoms with Crippen molar-refractivity contribution < 1.29 is 9.22 Å². The van der Waals surface area contributed by atoms with E-state index in [0.29, 0.717) is 17.6 Å². The van der Waals surface area contributed by atoms with Crippen molar-refractivity contribution in [1.29, 1.82) is 0 Å². The maximum atomic E-state index is 13.2. The Balaban J connectivity index is 1.56. The lowest BCUT2D eigenvalue weighted by molar-refractivity contribution is 0.0811. The number of fused-ring (bicyclic) bond motifs is 1. The van der Waals surface area contributed by atoms with E-state index >= 15 is 0 Å². The van der Waals surface area contributed by atoms with Crippen molar-refractivity contribution in [3.8, 4) is 0 Å². The lowest BCUT2D eigenvalue weighted by atomic mass is 9.96. The average Bonchev–Trinajstić information content (AvgIpc) is 3.23. The number of halogens is 1. The summed E-state index contributed by atoms with van der Waals surface area (Å²) in [5.41, 5.74) is 3.44. The van der Waals surface area contributed by atoms with Crippen LogP contribution in [0.15, 0.2) is 36.7 Å². The molecule has 1 amide bonds. The fraction of sp³-hybridized carbons (Fsp3) is 0.520. The van der Waals surface area contributed by atoms with Crippen LogP contribution in [0.1, 0.15) is 63.4 Å². The molecule has 0 N–H and O–H groups in total. The Labute approximate surface area is 199 Å². The van der Waals surface area contributed by atoms with Crippen LogP contribution in [-0.4, -0.2) is 45.4 Å². The number of benzene rings is 1. The molecule has 0 radical (unpaired) electrons. The van der Waals surface area contributed by atoms with Gasteiger partial charge in [0.25, 0.3) is 5.91 Å². The quantitative estimate of drug-likeness (QED) is 0.575. The summed E-state index contributed by atoms with van der Waals surface area (Å²) in [6.07, 6.45) is 6.74. The normalized spacial score (nSPS) is 19.8. The zero-order valence-electron chi connectivity index (χ0n) is 19.8. The highest BCUT2D eigenvalue weighted by atomic mass is 35.5. The Hall–Kier alpha value is -1.89. The van der Waals surface area contributed by atoms with Crippen LogP contribution < -0.4 is 9.80 Å². The maximum Gasteiger partial charge on any atom is 0.258 e. The second-order valence-corrected chi connectivity index (χ2v) is 13.8. The Morgan fingerprint density at radius 3 is 2.59 bits per heavy atom. The van der Waals surface area contributed by atoms with Crippen molar-refractivity contribution in [3.63, 3.8) is 0 Å². The first-order chi connectivity index (χ1) is 15.0. The molecular formula is C25H34ClN3O2Si. The van der Waals surface area contributed by atoms with E-state index in [1.165, 1.54) is 0 Å². The van der Waals surface area contributed by atoms with Gasteiger partial charge in [0, 0.05) is 23.7 Å². The van der Waals surface area contributed by atoms with E-state index < -0.39 is 9.76 Å². The second kappa shape index (κ2) is 8.80. The second-order valence-electron chi connectivity index (χ2n) is 10.7. The smallest absolute Gasteiger partial charge is 0.258 e. The van der Waals surface area contributed by atoms with Crippen LogP contribution in [0.25, 0.3) is 0 Å². The van der Waals surface area contributed by atoms with Crippen molar-refractivity contribution in [1.82, 2.24) is 4.98 Å². The van der Waals surface area contributed by atoms with Gasteiger partial charge in [-0.25, -0.2) is 0 Å². The molecule has 0 spiro atoms. The number of anilines is 2. The van der Waals surface area contributed by atoms with Crippen LogP contribution in [-0.2, 0) is 10.8 Å². The van der Waals surface area contributed by atoms with Crippen LogP contribution in [0.3, 0.4) is 0 Å². The van der Waals surface area contributed by atoms with Gasteiger partial charge in [-0.3, -0.25) is 9.78 Å². The number of rotatable bonds is 5. The predicted octanol–water partition coefficient (Wildman–Crippen LogP) is 5.00. The maximum absolute atomic E-state index is 13.2. The van der Waals surface area contributed by atoms with Crippen LogP contribution in [0.4, 0.5) is 11.4 Å². The fourth-order valence-electron chi connectivity index (χ4n) is 4.72. The van der Waals surface area contributed by atoms with Gasteiger partial charge in [-0.2, -0.15) is 0 Å². The third-order valence-corrected chi connectivity index (χ3v) is 8.42. The number of aromatic nitrogens is 1. The SMILES string of the molecule is CC(C)(C)[SiH2]OC(C)(C)[C@@H]1CCCN1c1cncc(N2CCc3cc(Cl)ccc3C2=O)c1. The molecule has 1 aromatic carbocycles. The van der Waals surface area contributed by atoms with E-state index in [4.69, 9.17) is 16.0 Å². The van der Waals surface area contributed by atoms with Gasteiger partial charge in [0.15, 0.2) is 9.76 Å². The molecule has 0 saturated carbocycles. The summed E-state index contributed by atoms with van der Waals surface area (Å²) in [5, 5.41) is 0.935. The Bertz CT molecular complexity index is 1000. The summed E-state index contributed by atoms with van der Waals surface area (Å²) >= 11 is 6.12. The molecule has 1 atom stereocenters. The standard InChI is InChI=1S/C25H34ClN3O2Si/c1-24(2,3)32-31-25(4,5)22-7-6-11-28(22)19-14-20(16-27-15-19)29-12-10-17-13-18(26)8-9-21(17)23(29)30/h8-9,13-16,22H,6-7,10-12,32H2,1-5H3/t22-/m0/s1. The number of amides is 1. The highest BCUT2D eigenvalue weighted by Gasteiger charge is 2.39. The Kier molecular flexibility index (Phi) is 6.40. The monoisotopic (exact) mass is 471 g/mol. The topological polar surface area (TPSA) is 45.7 Å². The van der Waals surface area contributed by atoms with Gasteiger partial charge in [-0.15, -0.1) is 0 Å². The average molecular weight is 472 g/mol. The zero-order valence-corrected chi connectivity index (χ0v) is 22.0. The lowest BCUT2D eigenvalue weighted by Gasteiger charge is -2.41. The van der Waals surface area contributed by atoms with Crippen LogP contribution >= 0.6 is 11.6 Å². The molecule has 1 aromatic heterocycles. The molecule has 2 aromatic rings. The van der Waals surface area contributed by atoms with E-state index in [2.05, 4.69) is 50.6 Å². The molecule has 4 rings (SSSR count). The minimum absolute atomic E-state index is 0.0136. The minimum Gasteiger partial charge on any atom is -0.416 e. The van der Waals surface area contributed by atoms with Gasteiger partial charge in [0.2, 0.25) is 0 Å². The molecule has 32 heavy (non-hydrogen) atoms. The number of nitrogens with zero attached hydrogens (tertiary/aromatic N) is 3. The number of carbonyl (C=O) groups is 1. The van der Waals surface area contributed by atoms with E-state index in [9.17, 15) is 4.79 Å². The summed E-state index contributed by atoms with van der Waals surface area (Å²) < 4.78 is 6.54. The van der Waals surface area contributed by atoms with Gasteiger partial charge in [-0.1, -0.05) is 32.4 Å². The third-order valence-electron chi connectivity index (χ3n) is 6.43. The van der Waals surface area contributed by atoms with Crippen LogP contribution in [0.2, 0.25) is 10.1 Å². The molecule has 2 aliphatic rings.